The van der Waals surface area contributed by atoms with Gasteiger partial charge in [0.05, 0.1) is 0 Å². The van der Waals surface area contributed by atoms with Gasteiger partial charge in [0.1, 0.15) is 0 Å². The lowest BCUT2D eigenvalue weighted by Gasteiger charge is -2.29. The Balaban J connectivity index is 2.23. The molecule has 1 heteroatoms. The number of unbranched alkanes of at least 4 members (excludes halogenated alkanes) is 1. The molecule has 0 fully saturated rings. The van der Waals surface area contributed by atoms with Gasteiger partial charge >= 0.3 is 0 Å². The minimum Gasteiger partial charge on any atom is -0.301 e. The van der Waals surface area contributed by atoms with E-state index in [2.05, 4.69) is 45.6 Å². The largest absolute Gasteiger partial charge is 0.301 e. The smallest absolute Gasteiger partial charge is 0.00667 e. The lowest BCUT2D eigenvalue weighted by atomic mass is 9.80. The third-order valence-electron chi connectivity index (χ3n) is 5.16. The Labute approximate surface area is 127 Å². The third-order valence-corrected chi connectivity index (χ3v) is 5.16. The van der Waals surface area contributed by atoms with E-state index in [1.165, 1.54) is 58.0 Å². The van der Waals surface area contributed by atoms with Crippen molar-refractivity contribution < 1.29 is 0 Å². The molecule has 0 radical (unpaired) electrons. The molecule has 1 nitrogen and oxygen atoms in total. The molecule has 0 saturated heterocycles. The van der Waals surface area contributed by atoms with E-state index in [4.69, 9.17) is 0 Å². The Morgan fingerprint density at radius 3 is 2.70 bits per heavy atom. The van der Waals surface area contributed by atoms with Crippen LogP contribution in [0.3, 0.4) is 0 Å². The van der Waals surface area contributed by atoms with Gasteiger partial charge in [0, 0.05) is 6.04 Å². The summed E-state index contributed by atoms with van der Waals surface area (Å²) >= 11 is 0. The van der Waals surface area contributed by atoms with Gasteiger partial charge in [0.2, 0.25) is 0 Å². The lowest BCUT2D eigenvalue weighted by Crippen LogP contribution is -2.33. The van der Waals surface area contributed by atoms with Crippen LogP contribution in [0.1, 0.15) is 79.6 Å². The lowest BCUT2D eigenvalue weighted by molar-refractivity contribution is 0.203. The quantitative estimate of drug-likeness (QED) is 0.389. The SMILES string of the molecule is CCC[C@H](C)N(CC)CCCC[C@@H]1C[C@H](C)CC=C1C. The molecular formula is C19H37N. The summed E-state index contributed by atoms with van der Waals surface area (Å²) in [5, 5.41) is 0. The first kappa shape index (κ1) is 17.8. The van der Waals surface area contributed by atoms with E-state index in [1.54, 1.807) is 5.57 Å². The molecule has 0 aromatic heterocycles. The van der Waals surface area contributed by atoms with Crippen molar-refractivity contribution in [3.05, 3.63) is 11.6 Å². The van der Waals surface area contributed by atoms with Crippen LogP contribution in [-0.4, -0.2) is 24.0 Å². The Bertz CT molecular complexity index is 281. The van der Waals surface area contributed by atoms with Gasteiger partial charge in [0.25, 0.3) is 0 Å². The molecule has 118 valence electrons. The molecule has 1 rings (SSSR count). The van der Waals surface area contributed by atoms with Crippen molar-refractivity contribution >= 4 is 0 Å². The summed E-state index contributed by atoms with van der Waals surface area (Å²) in [5.74, 6) is 1.78. The average Bonchev–Trinajstić information content (AvgIpc) is 2.42. The zero-order valence-electron chi connectivity index (χ0n) is 14.6. The number of hydrogen-bond acceptors (Lipinski definition) is 1. The Kier molecular flexibility index (Phi) is 8.52. The van der Waals surface area contributed by atoms with Crippen LogP contribution in [0.5, 0.6) is 0 Å². The van der Waals surface area contributed by atoms with Crippen molar-refractivity contribution in [2.75, 3.05) is 13.1 Å². The molecule has 0 saturated carbocycles. The van der Waals surface area contributed by atoms with Gasteiger partial charge < -0.3 is 4.90 Å². The molecule has 0 unspecified atom stereocenters. The topological polar surface area (TPSA) is 3.24 Å². The Hall–Kier alpha value is -0.300. The first-order valence-electron chi connectivity index (χ1n) is 8.99. The normalized spacial score (nSPS) is 24.8. The van der Waals surface area contributed by atoms with E-state index in [1.807, 2.05) is 0 Å². The maximum atomic E-state index is 2.66. The van der Waals surface area contributed by atoms with Crippen LogP contribution < -0.4 is 0 Å². The van der Waals surface area contributed by atoms with Crippen molar-refractivity contribution in [1.82, 2.24) is 4.90 Å². The van der Waals surface area contributed by atoms with Gasteiger partial charge in [-0.05, 0) is 70.9 Å². The molecule has 0 bridgehead atoms. The molecule has 0 amide bonds. The van der Waals surface area contributed by atoms with Gasteiger partial charge in [-0.1, -0.05) is 45.3 Å². The van der Waals surface area contributed by atoms with Crippen molar-refractivity contribution in [2.45, 2.75) is 85.6 Å². The number of allylic oxidation sites excluding steroid dienone is 2. The van der Waals surface area contributed by atoms with Gasteiger partial charge in [-0.3, -0.25) is 0 Å². The van der Waals surface area contributed by atoms with Crippen LogP contribution in [0.25, 0.3) is 0 Å². The minimum absolute atomic E-state index is 0.765. The molecule has 0 aromatic carbocycles. The second-order valence-corrected chi connectivity index (χ2v) is 6.98. The average molecular weight is 280 g/mol. The predicted octanol–water partition coefficient (Wildman–Crippen LogP) is 5.66. The molecule has 0 aliphatic heterocycles. The Morgan fingerprint density at radius 2 is 2.05 bits per heavy atom. The minimum atomic E-state index is 0.765. The fourth-order valence-corrected chi connectivity index (χ4v) is 3.66. The van der Waals surface area contributed by atoms with E-state index in [0.29, 0.717) is 0 Å². The number of hydrogen-bond donors (Lipinski definition) is 0. The summed E-state index contributed by atoms with van der Waals surface area (Å²) in [6.45, 7) is 14.2. The summed E-state index contributed by atoms with van der Waals surface area (Å²) in [5.41, 5.74) is 1.66. The Morgan fingerprint density at radius 1 is 1.30 bits per heavy atom. The van der Waals surface area contributed by atoms with Gasteiger partial charge in [-0.15, -0.1) is 0 Å². The third kappa shape index (κ3) is 5.99. The van der Waals surface area contributed by atoms with E-state index >= 15 is 0 Å². The first-order chi connectivity index (χ1) is 9.58. The van der Waals surface area contributed by atoms with E-state index in [9.17, 15) is 0 Å². The van der Waals surface area contributed by atoms with Crippen LogP contribution in [0.4, 0.5) is 0 Å². The van der Waals surface area contributed by atoms with Crippen LogP contribution >= 0.6 is 0 Å². The maximum absolute atomic E-state index is 2.66. The van der Waals surface area contributed by atoms with E-state index in [0.717, 1.165) is 17.9 Å². The molecular weight excluding hydrogens is 242 g/mol. The molecule has 3 atom stereocenters. The molecule has 0 heterocycles. The fourth-order valence-electron chi connectivity index (χ4n) is 3.66. The zero-order chi connectivity index (χ0) is 15.0. The summed E-state index contributed by atoms with van der Waals surface area (Å²) in [4.78, 5) is 2.66. The second-order valence-electron chi connectivity index (χ2n) is 6.98. The van der Waals surface area contributed by atoms with Crippen LogP contribution in [0.15, 0.2) is 11.6 Å². The molecule has 1 aliphatic rings. The van der Waals surface area contributed by atoms with Crippen LogP contribution in [0, 0.1) is 11.8 Å². The second kappa shape index (κ2) is 9.60. The summed E-state index contributed by atoms with van der Waals surface area (Å²) in [7, 11) is 0. The van der Waals surface area contributed by atoms with Crippen molar-refractivity contribution in [1.29, 1.82) is 0 Å². The highest BCUT2D eigenvalue weighted by Crippen LogP contribution is 2.32. The molecule has 1 aliphatic carbocycles. The van der Waals surface area contributed by atoms with Crippen molar-refractivity contribution in [2.24, 2.45) is 11.8 Å². The highest BCUT2D eigenvalue weighted by atomic mass is 15.1. The summed E-state index contributed by atoms with van der Waals surface area (Å²) < 4.78 is 0. The maximum Gasteiger partial charge on any atom is 0.00667 e. The first-order valence-corrected chi connectivity index (χ1v) is 8.99. The molecule has 20 heavy (non-hydrogen) atoms. The summed E-state index contributed by atoms with van der Waals surface area (Å²) in [6, 6.07) is 0.765. The predicted molar refractivity (Wildman–Crippen MR) is 91.1 cm³/mol. The van der Waals surface area contributed by atoms with E-state index < -0.39 is 0 Å². The summed E-state index contributed by atoms with van der Waals surface area (Å²) in [6.07, 6.45) is 12.1. The van der Waals surface area contributed by atoms with E-state index in [-0.39, 0.29) is 0 Å². The molecule has 0 aromatic rings. The van der Waals surface area contributed by atoms with Gasteiger partial charge in [-0.2, -0.15) is 0 Å². The van der Waals surface area contributed by atoms with Crippen molar-refractivity contribution in [3.63, 3.8) is 0 Å². The fraction of sp³-hybridized carbons (Fsp3) is 0.895. The highest BCUT2D eigenvalue weighted by Gasteiger charge is 2.19. The molecule has 0 spiro atoms. The van der Waals surface area contributed by atoms with Gasteiger partial charge in [-0.25, -0.2) is 0 Å². The monoisotopic (exact) mass is 279 g/mol. The van der Waals surface area contributed by atoms with Gasteiger partial charge in [0.15, 0.2) is 0 Å². The highest BCUT2D eigenvalue weighted by molar-refractivity contribution is 5.07. The van der Waals surface area contributed by atoms with Crippen LogP contribution in [-0.2, 0) is 0 Å². The standard InChI is InChI=1S/C19H37N/c1-6-10-18(5)20(7-2)14-9-8-11-19-15-16(3)12-13-17(19)4/h13,16,18-19H,6-12,14-15H2,1-5H3/t16-,18+,19-/m1/s1. The van der Waals surface area contributed by atoms with Crippen molar-refractivity contribution in [3.8, 4) is 0 Å². The molecule has 0 N–H and O–H groups in total. The van der Waals surface area contributed by atoms with Crippen LogP contribution in [0.2, 0.25) is 0 Å². The zero-order valence-corrected chi connectivity index (χ0v) is 14.6. The number of nitrogens with zero attached hydrogens (tertiary/aromatic N) is 1. The number of rotatable bonds is 9.